The molecule has 3 nitrogen and oxygen atoms in total. The number of hydrogen-bond acceptors (Lipinski definition) is 3. The third-order valence-electron chi connectivity index (χ3n) is 2.73. The maximum Gasteiger partial charge on any atom is 0.389 e. The zero-order valence-electron chi connectivity index (χ0n) is 11.1. The van der Waals surface area contributed by atoms with E-state index in [1.807, 2.05) is 6.92 Å². The van der Waals surface area contributed by atoms with E-state index in [-0.39, 0.29) is 12.5 Å². The number of aromatic nitrogens is 1. The van der Waals surface area contributed by atoms with Gasteiger partial charge in [0.1, 0.15) is 5.75 Å². The monoisotopic (exact) mass is 276 g/mol. The Labute approximate surface area is 111 Å². The van der Waals surface area contributed by atoms with Gasteiger partial charge >= 0.3 is 6.18 Å². The number of pyridine rings is 1. The van der Waals surface area contributed by atoms with E-state index in [9.17, 15) is 13.2 Å². The summed E-state index contributed by atoms with van der Waals surface area (Å²) in [5.74, 6) is 0.549. The number of nitrogens with one attached hydrogen (secondary N) is 1. The van der Waals surface area contributed by atoms with Crippen LogP contribution in [0, 0.1) is 0 Å². The summed E-state index contributed by atoms with van der Waals surface area (Å²) in [6.45, 7) is 2.64. The van der Waals surface area contributed by atoms with Crippen LogP contribution in [0.3, 0.4) is 0 Å². The fourth-order valence-electron chi connectivity index (χ4n) is 1.75. The molecular weight excluding hydrogens is 257 g/mol. The molecule has 0 aliphatic heterocycles. The van der Waals surface area contributed by atoms with Crippen LogP contribution in [0.25, 0.3) is 0 Å². The molecule has 0 aromatic carbocycles. The van der Waals surface area contributed by atoms with E-state index in [4.69, 9.17) is 4.74 Å². The van der Waals surface area contributed by atoms with Gasteiger partial charge in [0.25, 0.3) is 0 Å². The first-order valence-electron chi connectivity index (χ1n) is 6.25. The van der Waals surface area contributed by atoms with Crippen LogP contribution >= 0.6 is 0 Å². The third-order valence-corrected chi connectivity index (χ3v) is 2.73. The summed E-state index contributed by atoms with van der Waals surface area (Å²) in [5, 5.41) is 3.11. The lowest BCUT2D eigenvalue weighted by Gasteiger charge is -2.20. The first-order chi connectivity index (χ1) is 8.96. The topological polar surface area (TPSA) is 34.2 Å². The number of ether oxygens (including phenoxy) is 1. The highest BCUT2D eigenvalue weighted by Gasteiger charge is 2.28. The third kappa shape index (κ3) is 5.92. The van der Waals surface area contributed by atoms with Crippen molar-refractivity contribution >= 4 is 0 Å². The lowest BCUT2D eigenvalue weighted by molar-refractivity contribution is -0.136. The van der Waals surface area contributed by atoms with Crippen LogP contribution in [0.4, 0.5) is 13.2 Å². The number of halogens is 3. The predicted octanol–water partition coefficient (Wildman–Crippen LogP) is 3.47. The Morgan fingerprint density at radius 2 is 2.11 bits per heavy atom. The fraction of sp³-hybridized carbons (Fsp3) is 0.615. The maximum atomic E-state index is 12.3. The van der Waals surface area contributed by atoms with Crippen LogP contribution in [0.15, 0.2) is 18.5 Å². The van der Waals surface area contributed by atoms with Crippen molar-refractivity contribution in [1.82, 2.24) is 10.3 Å². The second-order valence-corrected chi connectivity index (χ2v) is 4.32. The molecule has 0 radical (unpaired) electrons. The van der Waals surface area contributed by atoms with Crippen molar-refractivity contribution in [2.24, 2.45) is 0 Å². The number of nitrogens with zero attached hydrogens (tertiary/aromatic N) is 1. The van der Waals surface area contributed by atoms with Gasteiger partial charge in [-0.15, -0.1) is 0 Å². The minimum Gasteiger partial charge on any atom is -0.495 e. The molecule has 0 amide bonds. The summed E-state index contributed by atoms with van der Waals surface area (Å²) >= 11 is 0. The summed E-state index contributed by atoms with van der Waals surface area (Å²) < 4.78 is 42.0. The Balaban J connectivity index is 2.76. The molecule has 0 aliphatic rings. The Morgan fingerprint density at radius 3 is 2.68 bits per heavy atom. The molecular formula is C13H19F3N2O. The van der Waals surface area contributed by atoms with Crippen molar-refractivity contribution < 1.29 is 17.9 Å². The molecule has 6 heteroatoms. The van der Waals surface area contributed by atoms with E-state index >= 15 is 0 Å². The lowest BCUT2D eigenvalue weighted by Crippen LogP contribution is -2.24. The molecule has 1 aromatic heterocycles. The Bertz CT molecular complexity index is 382. The minimum absolute atomic E-state index is 0.00164. The van der Waals surface area contributed by atoms with E-state index < -0.39 is 12.6 Å². The van der Waals surface area contributed by atoms with Crippen LogP contribution in [-0.2, 0) is 0 Å². The van der Waals surface area contributed by atoms with E-state index in [0.717, 1.165) is 12.0 Å². The Kier molecular flexibility index (Phi) is 6.08. The zero-order valence-corrected chi connectivity index (χ0v) is 11.1. The predicted molar refractivity (Wildman–Crippen MR) is 67.1 cm³/mol. The second-order valence-electron chi connectivity index (χ2n) is 4.32. The van der Waals surface area contributed by atoms with Crippen molar-refractivity contribution in [3.05, 3.63) is 24.0 Å². The Hall–Kier alpha value is -1.30. The van der Waals surface area contributed by atoms with E-state index in [2.05, 4.69) is 10.3 Å². The van der Waals surface area contributed by atoms with Crippen molar-refractivity contribution in [3.63, 3.8) is 0 Å². The molecule has 1 rings (SSSR count). The van der Waals surface area contributed by atoms with Gasteiger partial charge in [0.05, 0.1) is 13.3 Å². The molecule has 108 valence electrons. The van der Waals surface area contributed by atoms with E-state index in [1.165, 1.54) is 13.3 Å². The van der Waals surface area contributed by atoms with Crippen LogP contribution in [0.5, 0.6) is 5.75 Å². The molecule has 0 fully saturated rings. The summed E-state index contributed by atoms with van der Waals surface area (Å²) in [7, 11) is 1.50. The smallest absolute Gasteiger partial charge is 0.389 e. The van der Waals surface area contributed by atoms with Crippen molar-refractivity contribution in [3.8, 4) is 5.75 Å². The number of methoxy groups -OCH3 is 1. The van der Waals surface area contributed by atoms with Gasteiger partial charge in [-0.1, -0.05) is 6.92 Å². The van der Waals surface area contributed by atoms with Gasteiger partial charge in [-0.2, -0.15) is 13.2 Å². The molecule has 1 heterocycles. The van der Waals surface area contributed by atoms with Gasteiger partial charge in [-0.05, 0) is 31.0 Å². The van der Waals surface area contributed by atoms with Gasteiger partial charge in [0, 0.05) is 18.7 Å². The summed E-state index contributed by atoms with van der Waals surface area (Å²) in [4.78, 5) is 3.98. The quantitative estimate of drug-likeness (QED) is 0.828. The molecule has 0 aliphatic carbocycles. The van der Waals surface area contributed by atoms with E-state index in [1.54, 1.807) is 12.3 Å². The van der Waals surface area contributed by atoms with Gasteiger partial charge in [0.2, 0.25) is 0 Å². The van der Waals surface area contributed by atoms with Gasteiger partial charge in [-0.25, -0.2) is 0 Å². The van der Waals surface area contributed by atoms with Gasteiger partial charge in [-0.3, -0.25) is 4.98 Å². The average molecular weight is 276 g/mol. The number of alkyl halides is 3. The molecule has 0 saturated carbocycles. The normalized spacial score (nSPS) is 13.3. The standard InChI is InChI=1S/C13H19F3N2O/c1-3-6-18-12(4-5-13(14,15)16)10-7-11(19-2)9-17-8-10/h7-9,12,18H,3-6H2,1-2H3. The molecule has 1 aromatic rings. The molecule has 1 atom stereocenters. The SMILES string of the molecule is CCCNC(CCC(F)(F)F)c1cncc(OC)c1. The highest BCUT2D eigenvalue weighted by molar-refractivity contribution is 5.25. The van der Waals surface area contributed by atoms with E-state index in [0.29, 0.717) is 12.3 Å². The second kappa shape index (κ2) is 7.33. The summed E-state index contributed by atoms with van der Waals surface area (Å²) in [6.07, 6.45) is -0.987. The molecule has 0 spiro atoms. The van der Waals surface area contributed by atoms with Gasteiger partial charge in [0.15, 0.2) is 0 Å². The van der Waals surface area contributed by atoms with Crippen molar-refractivity contribution in [2.45, 2.75) is 38.4 Å². The first-order valence-corrected chi connectivity index (χ1v) is 6.25. The fourth-order valence-corrected chi connectivity index (χ4v) is 1.75. The molecule has 1 N–H and O–H groups in total. The molecule has 1 unspecified atom stereocenters. The zero-order chi connectivity index (χ0) is 14.3. The summed E-state index contributed by atoms with van der Waals surface area (Å²) in [5.41, 5.74) is 0.719. The first kappa shape index (κ1) is 15.8. The molecule has 0 bridgehead atoms. The minimum atomic E-state index is -4.14. The highest BCUT2D eigenvalue weighted by Crippen LogP contribution is 2.28. The van der Waals surface area contributed by atoms with Crippen molar-refractivity contribution in [1.29, 1.82) is 0 Å². The molecule has 19 heavy (non-hydrogen) atoms. The highest BCUT2D eigenvalue weighted by atomic mass is 19.4. The lowest BCUT2D eigenvalue weighted by atomic mass is 10.0. The van der Waals surface area contributed by atoms with Crippen LogP contribution in [-0.4, -0.2) is 24.8 Å². The Morgan fingerprint density at radius 1 is 1.37 bits per heavy atom. The maximum absolute atomic E-state index is 12.3. The number of rotatable bonds is 7. The van der Waals surface area contributed by atoms with Crippen molar-refractivity contribution in [2.75, 3.05) is 13.7 Å². The molecule has 0 saturated heterocycles. The summed E-state index contributed by atoms with van der Waals surface area (Å²) in [6, 6.07) is 1.36. The largest absolute Gasteiger partial charge is 0.495 e. The average Bonchev–Trinajstić information content (AvgIpc) is 2.38. The number of hydrogen-bond donors (Lipinski definition) is 1. The van der Waals surface area contributed by atoms with Crippen LogP contribution in [0.2, 0.25) is 0 Å². The van der Waals surface area contributed by atoms with Crippen LogP contribution < -0.4 is 10.1 Å². The van der Waals surface area contributed by atoms with Crippen LogP contribution in [0.1, 0.15) is 37.8 Å². The van der Waals surface area contributed by atoms with Gasteiger partial charge < -0.3 is 10.1 Å².